The van der Waals surface area contributed by atoms with Crippen molar-refractivity contribution in [2.24, 2.45) is 50.2 Å². The first-order valence-electron chi connectivity index (χ1n) is 14.1. The summed E-state index contributed by atoms with van der Waals surface area (Å²) in [6.45, 7) is 16.4. The van der Waals surface area contributed by atoms with Gasteiger partial charge in [0.15, 0.2) is 5.78 Å². The second kappa shape index (κ2) is 7.58. The van der Waals surface area contributed by atoms with E-state index in [1.807, 2.05) is 6.08 Å². The number of carbonyl (C=O) groups is 2. The highest BCUT2D eigenvalue weighted by molar-refractivity contribution is 6.15. The predicted octanol–water partition coefficient (Wildman–Crippen LogP) is 7.20. The monoisotopic (exact) mass is 491 g/mol. The van der Waals surface area contributed by atoms with Crippen molar-refractivity contribution in [1.29, 1.82) is 5.26 Å². The van der Waals surface area contributed by atoms with Crippen LogP contribution in [0.25, 0.3) is 0 Å². The standard InChI is InChI=1S/C32H45NO3/c1-27(2)13-14-28(3)15-16-30(5)21(22(28)18-27)9-10-23-29(4)17-20(19-33)25(34)32(7,26(35)36-8)24(29)11-12-31(23,30)6/h9,17,22-24H,10-16,18H2,1-8H3/t22-,23+,24+,28+,29+,30+,31+,32+/m0/s1. The maximum Gasteiger partial charge on any atom is 0.319 e. The summed E-state index contributed by atoms with van der Waals surface area (Å²) in [5.41, 5.74) is 0.986. The van der Waals surface area contributed by atoms with Crippen LogP contribution in [-0.4, -0.2) is 18.9 Å². The summed E-state index contributed by atoms with van der Waals surface area (Å²) in [4.78, 5) is 26.6. The lowest BCUT2D eigenvalue weighted by Gasteiger charge is -2.69. The van der Waals surface area contributed by atoms with Gasteiger partial charge in [-0.05, 0) is 103 Å². The second-order valence-corrected chi connectivity index (χ2v) is 14.9. The average molecular weight is 492 g/mol. The molecule has 4 nitrogen and oxygen atoms in total. The molecule has 36 heavy (non-hydrogen) atoms. The quantitative estimate of drug-likeness (QED) is 0.221. The van der Waals surface area contributed by atoms with Gasteiger partial charge in [0.1, 0.15) is 11.5 Å². The highest BCUT2D eigenvalue weighted by Gasteiger charge is 2.70. The van der Waals surface area contributed by atoms with Crippen molar-refractivity contribution < 1.29 is 14.3 Å². The summed E-state index contributed by atoms with van der Waals surface area (Å²) >= 11 is 0. The number of ether oxygens (including phenoxy) is 1. The van der Waals surface area contributed by atoms with Gasteiger partial charge in [0.2, 0.25) is 0 Å². The molecule has 0 saturated heterocycles. The summed E-state index contributed by atoms with van der Waals surface area (Å²) < 4.78 is 5.20. The molecule has 0 N–H and O–H groups in total. The summed E-state index contributed by atoms with van der Waals surface area (Å²) in [5, 5.41) is 9.95. The number of hydrogen-bond acceptors (Lipinski definition) is 4. The molecule has 0 unspecified atom stereocenters. The van der Waals surface area contributed by atoms with E-state index in [1.54, 1.807) is 12.5 Å². The number of carbonyl (C=O) groups excluding carboxylic acids is 2. The van der Waals surface area contributed by atoms with E-state index in [4.69, 9.17) is 4.74 Å². The summed E-state index contributed by atoms with van der Waals surface area (Å²) in [7, 11) is 1.36. The van der Waals surface area contributed by atoms with Crippen LogP contribution in [0.1, 0.15) is 99.8 Å². The van der Waals surface area contributed by atoms with Crippen molar-refractivity contribution in [2.75, 3.05) is 7.11 Å². The van der Waals surface area contributed by atoms with Crippen LogP contribution in [0.5, 0.6) is 0 Å². The molecule has 3 saturated carbocycles. The maximum atomic E-state index is 13.5. The van der Waals surface area contributed by atoms with Gasteiger partial charge in [-0.25, -0.2) is 0 Å². The van der Waals surface area contributed by atoms with E-state index in [2.05, 4.69) is 53.7 Å². The molecule has 4 heteroatoms. The topological polar surface area (TPSA) is 67.2 Å². The number of rotatable bonds is 1. The van der Waals surface area contributed by atoms with Gasteiger partial charge in [0.25, 0.3) is 0 Å². The van der Waals surface area contributed by atoms with Crippen molar-refractivity contribution in [3.63, 3.8) is 0 Å². The smallest absolute Gasteiger partial charge is 0.319 e. The minimum atomic E-state index is -1.31. The lowest BCUT2D eigenvalue weighted by atomic mass is 9.34. The fraction of sp³-hybridized carbons (Fsp3) is 0.781. The highest BCUT2D eigenvalue weighted by atomic mass is 16.5. The Morgan fingerprint density at radius 3 is 2.31 bits per heavy atom. The molecule has 0 spiro atoms. The Bertz CT molecular complexity index is 1120. The summed E-state index contributed by atoms with van der Waals surface area (Å²) in [6.07, 6.45) is 13.6. The molecule has 0 bridgehead atoms. The zero-order valence-corrected chi connectivity index (χ0v) is 23.7. The van der Waals surface area contributed by atoms with E-state index in [0.29, 0.717) is 16.7 Å². The number of Topliss-reactive ketones (excluding diaryl/α,β-unsaturated/α-hetero) is 1. The number of esters is 1. The molecule has 8 atom stereocenters. The van der Waals surface area contributed by atoms with E-state index >= 15 is 0 Å². The van der Waals surface area contributed by atoms with E-state index in [-0.39, 0.29) is 34.0 Å². The number of nitriles is 1. The molecule has 5 aliphatic carbocycles. The zero-order valence-electron chi connectivity index (χ0n) is 23.7. The Morgan fingerprint density at radius 2 is 1.67 bits per heavy atom. The first-order valence-corrected chi connectivity index (χ1v) is 14.1. The lowest BCUT2D eigenvalue weighted by molar-refractivity contribution is -0.180. The van der Waals surface area contributed by atoms with E-state index < -0.39 is 16.8 Å². The Hall–Kier alpha value is -1.89. The van der Waals surface area contributed by atoms with Gasteiger partial charge in [0.05, 0.1) is 12.7 Å². The average Bonchev–Trinajstić information content (AvgIpc) is 2.82. The van der Waals surface area contributed by atoms with Gasteiger partial charge in [0, 0.05) is 0 Å². The van der Waals surface area contributed by atoms with Crippen molar-refractivity contribution in [1.82, 2.24) is 0 Å². The lowest BCUT2D eigenvalue weighted by Crippen LogP contribution is -2.64. The van der Waals surface area contributed by atoms with E-state index in [1.165, 1.54) is 39.2 Å². The largest absolute Gasteiger partial charge is 0.468 e. The predicted molar refractivity (Wildman–Crippen MR) is 141 cm³/mol. The molecule has 5 aliphatic rings. The number of nitrogens with zero attached hydrogens (tertiary/aromatic N) is 1. The Labute approximate surface area is 217 Å². The van der Waals surface area contributed by atoms with Gasteiger partial charge < -0.3 is 4.74 Å². The van der Waals surface area contributed by atoms with E-state index in [0.717, 1.165) is 19.3 Å². The van der Waals surface area contributed by atoms with Crippen LogP contribution in [-0.2, 0) is 14.3 Å². The van der Waals surface area contributed by atoms with Crippen LogP contribution in [0.2, 0.25) is 0 Å². The minimum Gasteiger partial charge on any atom is -0.468 e. The molecular weight excluding hydrogens is 446 g/mol. The minimum absolute atomic E-state index is 0.0414. The SMILES string of the molecule is COC(=O)[C@@]1(C)C(=O)C(C#N)=C[C@]2(C)[C@H]3CC=C4[C@@H]5CC(C)(C)CC[C@]5(C)CC[C@@]4(C)[C@]3(C)CC[C@@H]12. The van der Waals surface area contributed by atoms with Gasteiger partial charge in [-0.1, -0.05) is 59.3 Å². The first kappa shape index (κ1) is 25.7. The number of allylic oxidation sites excluding steroid dienone is 4. The van der Waals surface area contributed by atoms with Crippen LogP contribution in [0.3, 0.4) is 0 Å². The van der Waals surface area contributed by atoms with Crippen LogP contribution in [0.4, 0.5) is 0 Å². The van der Waals surface area contributed by atoms with Gasteiger partial charge in [-0.2, -0.15) is 5.26 Å². The van der Waals surface area contributed by atoms with Crippen LogP contribution >= 0.6 is 0 Å². The van der Waals surface area contributed by atoms with Gasteiger partial charge in [-0.3, -0.25) is 9.59 Å². The van der Waals surface area contributed by atoms with Crippen LogP contribution in [0.15, 0.2) is 23.3 Å². The van der Waals surface area contributed by atoms with Crippen molar-refractivity contribution in [2.45, 2.75) is 99.8 Å². The molecule has 0 radical (unpaired) electrons. The number of ketones is 1. The Kier molecular flexibility index (Phi) is 5.42. The van der Waals surface area contributed by atoms with Crippen LogP contribution in [0, 0.1) is 61.6 Å². The molecule has 0 aromatic heterocycles. The number of fused-ring (bicyclic) bond motifs is 7. The molecule has 5 rings (SSSR count). The first-order chi connectivity index (χ1) is 16.6. The molecule has 0 aromatic carbocycles. The summed E-state index contributed by atoms with van der Waals surface area (Å²) in [6, 6.07) is 2.16. The number of methoxy groups -OCH3 is 1. The number of hydrogen-bond donors (Lipinski definition) is 0. The maximum absolute atomic E-state index is 13.5. The van der Waals surface area contributed by atoms with Gasteiger partial charge in [-0.15, -0.1) is 0 Å². The van der Waals surface area contributed by atoms with Crippen molar-refractivity contribution in [3.05, 3.63) is 23.3 Å². The second-order valence-electron chi connectivity index (χ2n) is 14.9. The van der Waals surface area contributed by atoms with E-state index in [9.17, 15) is 14.9 Å². The molecule has 3 fully saturated rings. The van der Waals surface area contributed by atoms with Crippen molar-refractivity contribution in [3.8, 4) is 6.07 Å². The molecular formula is C32H45NO3. The zero-order chi connectivity index (χ0) is 26.5. The molecule has 0 amide bonds. The molecule has 0 heterocycles. The fourth-order valence-electron chi connectivity index (χ4n) is 10.3. The molecule has 0 aromatic rings. The fourth-order valence-corrected chi connectivity index (χ4v) is 10.3. The third-order valence-electron chi connectivity index (χ3n) is 12.8. The summed E-state index contributed by atoms with van der Waals surface area (Å²) in [5.74, 6) is -0.134. The van der Waals surface area contributed by atoms with Gasteiger partial charge >= 0.3 is 5.97 Å². The highest BCUT2D eigenvalue weighted by Crippen LogP contribution is 2.75. The third kappa shape index (κ3) is 2.98. The molecule has 0 aliphatic heterocycles. The molecule has 196 valence electrons. The Morgan fingerprint density at radius 1 is 1.00 bits per heavy atom. The normalized spacial score (nSPS) is 49.2. The van der Waals surface area contributed by atoms with Crippen LogP contribution < -0.4 is 0 Å². The third-order valence-corrected chi connectivity index (χ3v) is 12.8. The Balaban J connectivity index is 1.65. The van der Waals surface area contributed by atoms with Crippen molar-refractivity contribution >= 4 is 11.8 Å².